The van der Waals surface area contributed by atoms with Crippen LogP contribution in [-0.4, -0.2) is 19.3 Å². The summed E-state index contributed by atoms with van der Waals surface area (Å²) in [5, 5.41) is 0. The standard InChI is InChI=1S/C9H6F4O3/c1-15-7-4-5(10)2-3-6(7)16-8(14)9(11,12)13/h2-4H,1H3. The molecule has 0 spiro atoms. The Labute approximate surface area is 87.6 Å². The summed E-state index contributed by atoms with van der Waals surface area (Å²) in [6.45, 7) is 0. The highest BCUT2D eigenvalue weighted by Crippen LogP contribution is 2.29. The van der Waals surface area contributed by atoms with Gasteiger partial charge in [-0.05, 0) is 12.1 Å². The van der Waals surface area contributed by atoms with Crippen molar-refractivity contribution >= 4 is 5.97 Å². The average molecular weight is 238 g/mol. The van der Waals surface area contributed by atoms with Crippen molar-refractivity contribution in [3.8, 4) is 11.5 Å². The maximum atomic E-state index is 12.7. The summed E-state index contributed by atoms with van der Waals surface area (Å²) in [7, 11) is 1.11. The zero-order chi connectivity index (χ0) is 12.3. The van der Waals surface area contributed by atoms with E-state index in [1.165, 1.54) is 0 Å². The van der Waals surface area contributed by atoms with Crippen LogP contribution in [0, 0.1) is 5.82 Å². The Morgan fingerprint density at radius 1 is 1.25 bits per heavy atom. The highest BCUT2D eigenvalue weighted by Gasteiger charge is 2.41. The fourth-order valence-electron chi connectivity index (χ4n) is 0.883. The molecule has 1 rings (SSSR count). The first-order chi connectivity index (χ1) is 7.34. The molecule has 16 heavy (non-hydrogen) atoms. The first-order valence-corrected chi connectivity index (χ1v) is 3.97. The number of alkyl halides is 3. The smallest absolute Gasteiger partial charge is 0.491 e. The quantitative estimate of drug-likeness (QED) is 0.450. The van der Waals surface area contributed by atoms with E-state index in [9.17, 15) is 22.4 Å². The molecule has 0 aliphatic rings. The predicted molar refractivity (Wildman–Crippen MR) is 44.6 cm³/mol. The molecule has 0 aliphatic carbocycles. The molecule has 0 amide bonds. The van der Waals surface area contributed by atoms with Crippen molar-refractivity contribution in [1.29, 1.82) is 0 Å². The molecule has 0 heterocycles. The van der Waals surface area contributed by atoms with E-state index in [2.05, 4.69) is 9.47 Å². The van der Waals surface area contributed by atoms with Gasteiger partial charge in [0.15, 0.2) is 11.5 Å². The predicted octanol–water partition coefficient (Wildman–Crippen LogP) is 2.30. The molecule has 1 aromatic rings. The molecule has 0 aromatic heterocycles. The van der Waals surface area contributed by atoms with Gasteiger partial charge in [0.1, 0.15) is 5.82 Å². The number of esters is 1. The average Bonchev–Trinajstić information content (AvgIpc) is 2.19. The summed E-state index contributed by atoms with van der Waals surface area (Å²) < 4.78 is 56.8. The molecule has 88 valence electrons. The number of rotatable bonds is 2. The number of halogens is 4. The lowest BCUT2D eigenvalue weighted by Crippen LogP contribution is -2.28. The van der Waals surface area contributed by atoms with Crippen LogP contribution in [0.3, 0.4) is 0 Å². The normalized spacial score (nSPS) is 11.1. The van der Waals surface area contributed by atoms with Crippen LogP contribution in [0.15, 0.2) is 18.2 Å². The maximum absolute atomic E-state index is 12.7. The van der Waals surface area contributed by atoms with E-state index < -0.39 is 23.7 Å². The number of hydrogen-bond acceptors (Lipinski definition) is 3. The number of hydrogen-bond donors (Lipinski definition) is 0. The molecule has 1 aromatic carbocycles. The fraction of sp³-hybridized carbons (Fsp3) is 0.222. The van der Waals surface area contributed by atoms with Crippen LogP contribution < -0.4 is 9.47 Å². The van der Waals surface area contributed by atoms with Crippen LogP contribution in [0.4, 0.5) is 17.6 Å². The second kappa shape index (κ2) is 4.38. The van der Waals surface area contributed by atoms with Crippen LogP contribution in [0.1, 0.15) is 0 Å². The molecule has 0 radical (unpaired) electrons. The Balaban J connectivity index is 2.93. The Morgan fingerprint density at radius 3 is 2.38 bits per heavy atom. The van der Waals surface area contributed by atoms with Gasteiger partial charge in [-0.15, -0.1) is 0 Å². The molecule has 0 saturated carbocycles. The molecule has 0 fully saturated rings. The van der Waals surface area contributed by atoms with E-state index in [4.69, 9.17) is 0 Å². The van der Waals surface area contributed by atoms with E-state index >= 15 is 0 Å². The van der Waals surface area contributed by atoms with Crippen molar-refractivity contribution in [1.82, 2.24) is 0 Å². The minimum absolute atomic E-state index is 0.294. The molecule has 0 bridgehead atoms. The van der Waals surface area contributed by atoms with Crippen LogP contribution in [-0.2, 0) is 4.79 Å². The first kappa shape index (κ1) is 12.3. The van der Waals surface area contributed by atoms with Gasteiger partial charge in [0.25, 0.3) is 0 Å². The molecule has 0 saturated heterocycles. The number of carbonyl (C=O) groups excluding carboxylic acids is 1. The molecule has 0 aliphatic heterocycles. The number of carbonyl (C=O) groups is 1. The second-order valence-corrected chi connectivity index (χ2v) is 2.68. The largest absolute Gasteiger partial charge is 0.493 e. The molecule has 7 heteroatoms. The Bertz CT molecular complexity index is 400. The third-order valence-corrected chi connectivity index (χ3v) is 1.56. The summed E-state index contributed by atoms with van der Waals surface area (Å²) in [5.74, 6) is -3.90. The topological polar surface area (TPSA) is 35.5 Å². The van der Waals surface area contributed by atoms with E-state index in [0.717, 1.165) is 25.3 Å². The minimum Gasteiger partial charge on any atom is -0.493 e. The van der Waals surface area contributed by atoms with Crippen LogP contribution >= 0.6 is 0 Å². The van der Waals surface area contributed by atoms with Crippen molar-refractivity contribution in [2.45, 2.75) is 6.18 Å². The van der Waals surface area contributed by atoms with E-state index in [1.54, 1.807) is 0 Å². The molecular weight excluding hydrogens is 232 g/mol. The summed E-state index contributed by atoms with van der Waals surface area (Å²) in [6.07, 6.45) is -5.11. The first-order valence-electron chi connectivity index (χ1n) is 3.97. The van der Waals surface area contributed by atoms with Crippen molar-refractivity contribution in [2.75, 3.05) is 7.11 Å². The molecule has 3 nitrogen and oxygen atoms in total. The van der Waals surface area contributed by atoms with Gasteiger partial charge >= 0.3 is 12.1 Å². The summed E-state index contributed by atoms with van der Waals surface area (Å²) in [6, 6.07) is 2.53. The van der Waals surface area contributed by atoms with Gasteiger partial charge in [-0.2, -0.15) is 13.2 Å². The summed E-state index contributed by atoms with van der Waals surface area (Å²) in [5.41, 5.74) is 0. The van der Waals surface area contributed by atoms with Crippen LogP contribution in [0.5, 0.6) is 11.5 Å². The minimum atomic E-state index is -5.11. The Morgan fingerprint density at radius 2 is 1.88 bits per heavy atom. The maximum Gasteiger partial charge on any atom is 0.491 e. The molecule has 0 unspecified atom stereocenters. The monoisotopic (exact) mass is 238 g/mol. The van der Waals surface area contributed by atoms with Crippen molar-refractivity contribution in [3.63, 3.8) is 0 Å². The van der Waals surface area contributed by atoms with Crippen molar-refractivity contribution < 1.29 is 31.8 Å². The zero-order valence-corrected chi connectivity index (χ0v) is 7.97. The zero-order valence-electron chi connectivity index (χ0n) is 7.97. The lowest BCUT2D eigenvalue weighted by Gasteiger charge is -2.10. The number of methoxy groups -OCH3 is 1. The molecule has 0 N–H and O–H groups in total. The van der Waals surface area contributed by atoms with Crippen molar-refractivity contribution in [2.24, 2.45) is 0 Å². The highest BCUT2D eigenvalue weighted by molar-refractivity contribution is 5.78. The lowest BCUT2D eigenvalue weighted by molar-refractivity contribution is -0.189. The van der Waals surface area contributed by atoms with E-state index in [0.29, 0.717) is 0 Å². The fourth-order valence-corrected chi connectivity index (χ4v) is 0.883. The molecule has 0 atom stereocenters. The van der Waals surface area contributed by atoms with Gasteiger partial charge in [-0.1, -0.05) is 0 Å². The summed E-state index contributed by atoms with van der Waals surface area (Å²) >= 11 is 0. The lowest BCUT2D eigenvalue weighted by atomic mass is 10.3. The van der Waals surface area contributed by atoms with Crippen LogP contribution in [0.25, 0.3) is 0 Å². The van der Waals surface area contributed by atoms with Gasteiger partial charge in [-0.25, -0.2) is 9.18 Å². The Kier molecular flexibility index (Phi) is 3.36. The van der Waals surface area contributed by atoms with E-state index in [1.807, 2.05) is 0 Å². The Hall–Kier alpha value is -1.79. The SMILES string of the molecule is COc1cc(F)ccc1OC(=O)C(F)(F)F. The van der Waals surface area contributed by atoms with Gasteiger partial charge in [0, 0.05) is 6.07 Å². The molecular formula is C9H6F4O3. The highest BCUT2D eigenvalue weighted by atomic mass is 19.4. The van der Waals surface area contributed by atoms with Gasteiger partial charge in [0.05, 0.1) is 7.11 Å². The number of ether oxygens (including phenoxy) is 2. The van der Waals surface area contributed by atoms with Gasteiger partial charge < -0.3 is 9.47 Å². The third-order valence-electron chi connectivity index (χ3n) is 1.56. The number of benzene rings is 1. The van der Waals surface area contributed by atoms with Gasteiger partial charge in [0.2, 0.25) is 0 Å². The van der Waals surface area contributed by atoms with E-state index in [-0.39, 0.29) is 5.75 Å². The third kappa shape index (κ3) is 2.85. The summed E-state index contributed by atoms with van der Waals surface area (Å²) in [4.78, 5) is 10.5. The second-order valence-electron chi connectivity index (χ2n) is 2.68. The van der Waals surface area contributed by atoms with Crippen molar-refractivity contribution in [3.05, 3.63) is 24.0 Å². The van der Waals surface area contributed by atoms with Crippen LogP contribution in [0.2, 0.25) is 0 Å². The van der Waals surface area contributed by atoms with Gasteiger partial charge in [-0.3, -0.25) is 0 Å².